The standard InChI is InChI=1S/C10H11FN4/c11-7-1-2-8(13-5-7)9-6-14-10(15-9)3-4-12/h1-2,5-6H,3-4,12H2,(H,14,15). The number of nitrogens with two attached hydrogens (primary N) is 1. The van der Waals surface area contributed by atoms with Crippen LogP contribution in [0.5, 0.6) is 0 Å². The number of aromatic nitrogens is 3. The van der Waals surface area contributed by atoms with E-state index in [9.17, 15) is 4.39 Å². The molecule has 3 N–H and O–H groups in total. The molecule has 0 aliphatic rings. The molecule has 2 heterocycles. The molecule has 0 aliphatic carbocycles. The summed E-state index contributed by atoms with van der Waals surface area (Å²) in [5.41, 5.74) is 6.85. The van der Waals surface area contributed by atoms with Gasteiger partial charge in [-0.15, -0.1) is 0 Å². The minimum Gasteiger partial charge on any atom is -0.341 e. The molecule has 0 atom stereocenters. The van der Waals surface area contributed by atoms with E-state index in [4.69, 9.17) is 5.73 Å². The maximum absolute atomic E-state index is 12.6. The second-order valence-corrected chi connectivity index (χ2v) is 3.14. The number of H-pyrrole nitrogens is 1. The Balaban J connectivity index is 2.25. The Morgan fingerprint density at radius 2 is 2.13 bits per heavy atom. The molecule has 0 aliphatic heterocycles. The van der Waals surface area contributed by atoms with Crippen molar-refractivity contribution >= 4 is 0 Å². The zero-order valence-electron chi connectivity index (χ0n) is 8.07. The number of pyridine rings is 1. The lowest BCUT2D eigenvalue weighted by molar-refractivity contribution is 0.622. The zero-order valence-corrected chi connectivity index (χ0v) is 8.07. The van der Waals surface area contributed by atoms with Crippen LogP contribution in [0.15, 0.2) is 24.5 Å². The number of aromatic amines is 1. The second kappa shape index (κ2) is 4.18. The van der Waals surface area contributed by atoms with Gasteiger partial charge in [0.2, 0.25) is 0 Å². The van der Waals surface area contributed by atoms with E-state index in [0.717, 1.165) is 11.5 Å². The lowest BCUT2D eigenvalue weighted by atomic mass is 10.3. The van der Waals surface area contributed by atoms with Gasteiger partial charge in [-0.25, -0.2) is 9.37 Å². The zero-order chi connectivity index (χ0) is 10.7. The summed E-state index contributed by atoms with van der Waals surface area (Å²) in [6.07, 6.45) is 3.55. The summed E-state index contributed by atoms with van der Waals surface area (Å²) >= 11 is 0. The van der Waals surface area contributed by atoms with Crippen LogP contribution in [0.2, 0.25) is 0 Å². The van der Waals surface area contributed by atoms with Gasteiger partial charge < -0.3 is 10.7 Å². The molecular weight excluding hydrogens is 195 g/mol. The Morgan fingerprint density at radius 1 is 1.27 bits per heavy atom. The van der Waals surface area contributed by atoms with Crippen molar-refractivity contribution in [1.82, 2.24) is 15.0 Å². The van der Waals surface area contributed by atoms with Crippen LogP contribution in [0.3, 0.4) is 0 Å². The number of nitrogens with zero attached hydrogens (tertiary/aromatic N) is 2. The molecule has 0 radical (unpaired) electrons. The number of halogens is 1. The van der Waals surface area contributed by atoms with Crippen molar-refractivity contribution in [2.75, 3.05) is 6.54 Å². The van der Waals surface area contributed by atoms with E-state index in [1.165, 1.54) is 12.3 Å². The highest BCUT2D eigenvalue weighted by atomic mass is 19.1. The molecule has 2 aromatic rings. The molecule has 0 saturated carbocycles. The fraction of sp³-hybridized carbons (Fsp3) is 0.200. The van der Waals surface area contributed by atoms with Crippen molar-refractivity contribution in [2.24, 2.45) is 5.73 Å². The van der Waals surface area contributed by atoms with Gasteiger partial charge in [0.25, 0.3) is 0 Å². The van der Waals surface area contributed by atoms with Gasteiger partial charge in [0, 0.05) is 6.42 Å². The van der Waals surface area contributed by atoms with Crippen molar-refractivity contribution in [2.45, 2.75) is 6.42 Å². The van der Waals surface area contributed by atoms with Crippen molar-refractivity contribution in [3.8, 4) is 11.4 Å². The molecule has 0 aromatic carbocycles. The van der Waals surface area contributed by atoms with Crippen LogP contribution in [-0.2, 0) is 6.42 Å². The van der Waals surface area contributed by atoms with Crippen molar-refractivity contribution < 1.29 is 4.39 Å². The molecule has 5 heteroatoms. The summed E-state index contributed by atoms with van der Waals surface area (Å²) in [4.78, 5) is 11.2. The summed E-state index contributed by atoms with van der Waals surface area (Å²) in [5, 5.41) is 0. The van der Waals surface area contributed by atoms with Gasteiger partial charge in [-0.1, -0.05) is 0 Å². The van der Waals surface area contributed by atoms with E-state index in [-0.39, 0.29) is 5.82 Å². The van der Waals surface area contributed by atoms with Gasteiger partial charge in [-0.2, -0.15) is 0 Å². The molecule has 0 unspecified atom stereocenters. The van der Waals surface area contributed by atoms with Crippen molar-refractivity contribution in [3.05, 3.63) is 36.2 Å². The monoisotopic (exact) mass is 206 g/mol. The minimum absolute atomic E-state index is 0.347. The Morgan fingerprint density at radius 3 is 2.80 bits per heavy atom. The fourth-order valence-corrected chi connectivity index (χ4v) is 1.29. The lowest BCUT2D eigenvalue weighted by Gasteiger charge is -1.95. The highest BCUT2D eigenvalue weighted by Gasteiger charge is 2.03. The highest BCUT2D eigenvalue weighted by molar-refractivity contribution is 5.52. The predicted molar refractivity (Wildman–Crippen MR) is 54.5 cm³/mol. The topological polar surface area (TPSA) is 67.6 Å². The van der Waals surface area contributed by atoms with Crippen molar-refractivity contribution in [1.29, 1.82) is 0 Å². The Kier molecular flexibility index (Phi) is 2.73. The molecule has 2 aromatic heterocycles. The Bertz CT molecular complexity index is 435. The first-order valence-corrected chi connectivity index (χ1v) is 4.65. The largest absolute Gasteiger partial charge is 0.341 e. The smallest absolute Gasteiger partial charge is 0.141 e. The van der Waals surface area contributed by atoms with E-state index in [2.05, 4.69) is 15.0 Å². The third-order valence-corrected chi connectivity index (χ3v) is 2.01. The first kappa shape index (κ1) is 9.79. The molecule has 78 valence electrons. The molecule has 15 heavy (non-hydrogen) atoms. The third-order valence-electron chi connectivity index (χ3n) is 2.01. The summed E-state index contributed by atoms with van der Waals surface area (Å²) < 4.78 is 12.6. The summed E-state index contributed by atoms with van der Waals surface area (Å²) in [5.74, 6) is 0.471. The normalized spacial score (nSPS) is 10.5. The maximum atomic E-state index is 12.6. The summed E-state index contributed by atoms with van der Waals surface area (Å²) in [6.45, 7) is 0.545. The molecule has 0 spiro atoms. The Labute approximate surface area is 86.4 Å². The molecule has 0 bridgehead atoms. The van der Waals surface area contributed by atoms with Crippen LogP contribution in [0.1, 0.15) is 5.82 Å². The number of hydrogen-bond donors (Lipinski definition) is 2. The predicted octanol–water partition coefficient (Wildman–Crippen LogP) is 1.11. The van der Waals surface area contributed by atoms with Crippen LogP contribution < -0.4 is 5.73 Å². The number of hydrogen-bond acceptors (Lipinski definition) is 3. The summed E-state index contributed by atoms with van der Waals surface area (Å²) in [7, 11) is 0. The van der Waals surface area contributed by atoms with E-state index in [1.807, 2.05) is 0 Å². The maximum Gasteiger partial charge on any atom is 0.141 e. The third kappa shape index (κ3) is 2.19. The first-order chi connectivity index (χ1) is 7.29. The van der Waals surface area contributed by atoms with Crippen LogP contribution in [0.25, 0.3) is 11.4 Å². The Hall–Kier alpha value is -1.75. The SMILES string of the molecule is NCCc1ncc(-c2ccc(F)cn2)[nH]1. The van der Waals surface area contributed by atoms with Crippen molar-refractivity contribution in [3.63, 3.8) is 0 Å². The fourth-order valence-electron chi connectivity index (χ4n) is 1.29. The van der Waals surface area contributed by atoms with E-state index in [0.29, 0.717) is 18.7 Å². The molecular formula is C10H11FN4. The van der Waals surface area contributed by atoms with E-state index in [1.54, 1.807) is 12.3 Å². The van der Waals surface area contributed by atoms with Gasteiger partial charge >= 0.3 is 0 Å². The van der Waals surface area contributed by atoms with Gasteiger partial charge in [0.1, 0.15) is 11.6 Å². The highest BCUT2D eigenvalue weighted by Crippen LogP contribution is 2.14. The van der Waals surface area contributed by atoms with Crippen LogP contribution in [0.4, 0.5) is 4.39 Å². The quantitative estimate of drug-likeness (QED) is 0.790. The molecule has 4 nitrogen and oxygen atoms in total. The minimum atomic E-state index is -0.347. The molecule has 0 amide bonds. The number of imidazole rings is 1. The average molecular weight is 206 g/mol. The summed E-state index contributed by atoms with van der Waals surface area (Å²) in [6, 6.07) is 2.97. The van der Waals surface area contributed by atoms with Crippen LogP contribution in [-0.4, -0.2) is 21.5 Å². The van der Waals surface area contributed by atoms with Gasteiger partial charge in [-0.05, 0) is 18.7 Å². The van der Waals surface area contributed by atoms with Gasteiger partial charge in [0.05, 0.1) is 23.8 Å². The molecule has 2 rings (SSSR count). The lowest BCUT2D eigenvalue weighted by Crippen LogP contribution is -2.03. The molecule has 0 fully saturated rings. The average Bonchev–Trinajstić information content (AvgIpc) is 2.68. The van der Waals surface area contributed by atoms with Gasteiger partial charge in [0.15, 0.2) is 0 Å². The number of rotatable bonds is 3. The van der Waals surface area contributed by atoms with Gasteiger partial charge in [-0.3, -0.25) is 4.98 Å². The first-order valence-electron chi connectivity index (χ1n) is 4.65. The van der Waals surface area contributed by atoms with Crippen LogP contribution >= 0.6 is 0 Å². The van der Waals surface area contributed by atoms with E-state index >= 15 is 0 Å². The van der Waals surface area contributed by atoms with E-state index < -0.39 is 0 Å². The molecule has 0 saturated heterocycles. The van der Waals surface area contributed by atoms with Crippen LogP contribution in [0, 0.1) is 5.82 Å². The number of nitrogens with one attached hydrogen (secondary N) is 1. The second-order valence-electron chi connectivity index (χ2n) is 3.14.